The van der Waals surface area contributed by atoms with Gasteiger partial charge in [-0.15, -0.1) is 0 Å². The molecule has 3 nitrogen and oxygen atoms in total. The van der Waals surface area contributed by atoms with Crippen molar-refractivity contribution in [1.82, 2.24) is 10.3 Å². The second kappa shape index (κ2) is 8.54. The van der Waals surface area contributed by atoms with Crippen LogP contribution in [0.15, 0.2) is 67.0 Å². The van der Waals surface area contributed by atoms with Crippen molar-refractivity contribution in [2.45, 2.75) is 38.8 Å². The summed E-state index contributed by atoms with van der Waals surface area (Å²) in [6.45, 7) is 3.02. The van der Waals surface area contributed by atoms with Gasteiger partial charge in [0.2, 0.25) is 0 Å². The average Bonchev–Trinajstić information content (AvgIpc) is 2.67. The van der Waals surface area contributed by atoms with Gasteiger partial charge in [-0.3, -0.25) is 9.78 Å². The van der Waals surface area contributed by atoms with Crippen molar-refractivity contribution in [3.8, 4) is 0 Å². The SMILES string of the molecule is C[C@H](CCCC(=O)c1ccccc1)NCc1ccc2cnccc2c1. The maximum atomic E-state index is 12.1. The number of nitrogens with one attached hydrogen (secondary N) is 1. The minimum Gasteiger partial charge on any atom is -0.310 e. The molecule has 0 saturated heterocycles. The van der Waals surface area contributed by atoms with Gasteiger partial charge in [0.05, 0.1) is 0 Å². The molecule has 3 heteroatoms. The van der Waals surface area contributed by atoms with E-state index in [1.54, 1.807) is 0 Å². The predicted molar refractivity (Wildman–Crippen MR) is 103 cm³/mol. The van der Waals surface area contributed by atoms with E-state index in [1.807, 2.05) is 48.8 Å². The molecule has 0 spiro atoms. The van der Waals surface area contributed by atoms with Crippen LogP contribution in [0, 0.1) is 0 Å². The summed E-state index contributed by atoms with van der Waals surface area (Å²) in [5.41, 5.74) is 2.08. The summed E-state index contributed by atoms with van der Waals surface area (Å²) >= 11 is 0. The van der Waals surface area contributed by atoms with Crippen LogP contribution >= 0.6 is 0 Å². The zero-order chi connectivity index (χ0) is 17.5. The second-order valence-electron chi connectivity index (χ2n) is 6.52. The number of aromatic nitrogens is 1. The molecule has 0 aliphatic heterocycles. The summed E-state index contributed by atoms with van der Waals surface area (Å²) in [6, 6.07) is 18.4. The Morgan fingerprint density at radius 2 is 1.92 bits per heavy atom. The maximum absolute atomic E-state index is 12.1. The number of ketones is 1. The van der Waals surface area contributed by atoms with Gasteiger partial charge in [-0.1, -0.05) is 42.5 Å². The van der Waals surface area contributed by atoms with Crippen molar-refractivity contribution < 1.29 is 4.79 Å². The van der Waals surface area contributed by atoms with E-state index in [2.05, 4.69) is 35.4 Å². The number of hydrogen-bond donors (Lipinski definition) is 1. The predicted octanol–water partition coefficient (Wildman–Crippen LogP) is 4.77. The fourth-order valence-corrected chi connectivity index (χ4v) is 2.97. The number of fused-ring (bicyclic) bond motifs is 1. The molecule has 1 N–H and O–H groups in total. The van der Waals surface area contributed by atoms with Gasteiger partial charge in [0.15, 0.2) is 5.78 Å². The molecule has 0 aliphatic carbocycles. The Balaban J connectivity index is 1.43. The lowest BCUT2D eigenvalue weighted by Gasteiger charge is -2.14. The zero-order valence-corrected chi connectivity index (χ0v) is 14.6. The van der Waals surface area contributed by atoms with Crippen molar-refractivity contribution in [2.24, 2.45) is 0 Å². The Morgan fingerprint density at radius 1 is 1.08 bits per heavy atom. The molecule has 0 unspecified atom stereocenters. The molecular formula is C22H24N2O. The fourth-order valence-electron chi connectivity index (χ4n) is 2.97. The molecule has 0 amide bonds. The Kier molecular flexibility index (Phi) is 5.91. The first-order valence-corrected chi connectivity index (χ1v) is 8.86. The van der Waals surface area contributed by atoms with Crippen molar-refractivity contribution in [3.05, 3.63) is 78.1 Å². The van der Waals surface area contributed by atoms with E-state index in [0.29, 0.717) is 12.5 Å². The van der Waals surface area contributed by atoms with Crippen LogP contribution in [0.2, 0.25) is 0 Å². The molecule has 1 aromatic heterocycles. The molecule has 3 aromatic rings. The highest BCUT2D eigenvalue weighted by Crippen LogP contribution is 2.15. The van der Waals surface area contributed by atoms with Crippen LogP contribution in [0.25, 0.3) is 10.8 Å². The molecular weight excluding hydrogens is 308 g/mol. The van der Waals surface area contributed by atoms with E-state index < -0.39 is 0 Å². The van der Waals surface area contributed by atoms with E-state index in [-0.39, 0.29) is 5.78 Å². The first kappa shape index (κ1) is 17.3. The van der Waals surface area contributed by atoms with Crippen LogP contribution in [0.1, 0.15) is 42.1 Å². The van der Waals surface area contributed by atoms with Gasteiger partial charge in [0.1, 0.15) is 0 Å². The number of Topliss-reactive ketones (excluding diaryl/α,β-unsaturated/α-hetero) is 1. The normalized spacial score (nSPS) is 12.2. The van der Waals surface area contributed by atoms with E-state index in [9.17, 15) is 4.79 Å². The Labute approximate surface area is 149 Å². The Morgan fingerprint density at radius 3 is 2.76 bits per heavy atom. The third-order valence-corrected chi connectivity index (χ3v) is 4.50. The van der Waals surface area contributed by atoms with E-state index >= 15 is 0 Å². The zero-order valence-electron chi connectivity index (χ0n) is 14.6. The molecule has 0 aliphatic rings. The molecule has 128 valence electrons. The molecule has 1 heterocycles. The summed E-state index contributed by atoms with van der Waals surface area (Å²) in [6.07, 6.45) is 6.23. The third-order valence-electron chi connectivity index (χ3n) is 4.50. The van der Waals surface area contributed by atoms with Crippen molar-refractivity contribution >= 4 is 16.6 Å². The van der Waals surface area contributed by atoms with Crippen LogP contribution in [0.3, 0.4) is 0 Å². The molecule has 3 rings (SSSR count). The largest absolute Gasteiger partial charge is 0.310 e. The van der Waals surface area contributed by atoms with Gasteiger partial charge in [0, 0.05) is 42.4 Å². The lowest BCUT2D eigenvalue weighted by molar-refractivity contribution is 0.0978. The number of carbonyl (C=O) groups excluding carboxylic acids is 1. The number of hydrogen-bond acceptors (Lipinski definition) is 3. The highest BCUT2D eigenvalue weighted by atomic mass is 16.1. The molecule has 25 heavy (non-hydrogen) atoms. The summed E-state index contributed by atoms with van der Waals surface area (Å²) < 4.78 is 0. The van der Waals surface area contributed by atoms with Gasteiger partial charge >= 0.3 is 0 Å². The number of carbonyl (C=O) groups is 1. The minimum absolute atomic E-state index is 0.232. The molecule has 2 aromatic carbocycles. The van der Waals surface area contributed by atoms with Crippen LogP contribution in [0.5, 0.6) is 0 Å². The van der Waals surface area contributed by atoms with Crippen LogP contribution in [0.4, 0.5) is 0 Å². The second-order valence-corrected chi connectivity index (χ2v) is 6.52. The molecule has 0 radical (unpaired) electrons. The summed E-state index contributed by atoms with van der Waals surface area (Å²) in [7, 11) is 0. The van der Waals surface area contributed by atoms with Crippen molar-refractivity contribution in [1.29, 1.82) is 0 Å². The van der Waals surface area contributed by atoms with Crippen molar-refractivity contribution in [2.75, 3.05) is 0 Å². The number of rotatable bonds is 8. The molecule has 0 fully saturated rings. The maximum Gasteiger partial charge on any atom is 0.162 e. The number of pyridine rings is 1. The molecule has 1 atom stereocenters. The van der Waals surface area contributed by atoms with Crippen LogP contribution < -0.4 is 5.32 Å². The standard InChI is InChI=1S/C22H24N2O/c1-17(6-5-9-22(25)19-7-3-2-4-8-19)24-15-18-10-11-21-16-23-13-12-20(21)14-18/h2-4,7-8,10-14,16-17,24H,5-6,9,15H2,1H3/t17-/m1/s1. The van der Waals surface area contributed by atoms with Crippen molar-refractivity contribution in [3.63, 3.8) is 0 Å². The van der Waals surface area contributed by atoms with E-state index in [1.165, 1.54) is 16.3 Å². The Hall–Kier alpha value is -2.52. The fraction of sp³-hybridized carbons (Fsp3) is 0.273. The highest BCUT2D eigenvalue weighted by molar-refractivity contribution is 5.95. The summed E-state index contributed by atoms with van der Waals surface area (Å²) in [4.78, 5) is 16.2. The van der Waals surface area contributed by atoms with Gasteiger partial charge in [-0.05, 0) is 42.8 Å². The lowest BCUT2D eigenvalue weighted by Crippen LogP contribution is -2.25. The first-order chi connectivity index (χ1) is 12.2. The number of nitrogens with zero attached hydrogens (tertiary/aromatic N) is 1. The van der Waals surface area contributed by atoms with E-state index in [4.69, 9.17) is 0 Å². The van der Waals surface area contributed by atoms with E-state index in [0.717, 1.165) is 24.9 Å². The third kappa shape index (κ3) is 4.97. The number of benzene rings is 2. The quantitative estimate of drug-likeness (QED) is 0.604. The average molecular weight is 332 g/mol. The summed E-state index contributed by atoms with van der Waals surface area (Å²) in [5.74, 6) is 0.232. The monoisotopic (exact) mass is 332 g/mol. The lowest BCUT2D eigenvalue weighted by atomic mass is 10.0. The molecule has 0 saturated carbocycles. The van der Waals surface area contributed by atoms with Gasteiger partial charge in [0.25, 0.3) is 0 Å². The highest BCUT2D eigenvalue weighted by Gasteiger charge is 2.07. The smallest absolute Gasteiger partial charge is 0.162 e. The van der Waals surface area contributed by atoms with Crippen LogP contribution in [-0.2, 0) is 6.54 Å². The van der Waals surface area contributed by atoms with Crippen LogP contribution in [-0.4, -0.2) is 16.8 Å². The van der Waals surface area contributed by atoms with Gasteiger partial charge in [-0.25, -0.2) is 0 Å². The molecule has 0 bridgehead atoms. The van der Waals surface area contributed by atoms with Gasteiger partial charge < -0.3 is 5.32 Å². The topological polar surface area (TPSA) is 42.0 Å². The summed E-state index contributed by atoms with van der Waals surface area (Å²) in [5, 5.41) is 5.93. The Bertz CT molecular complexity index is 830. The van der Waals surface area contributed by atoms with Gasteiger partial charge in [-0.2, -0.15) is 0 Å². The first-order valence-electron chi connectivity index (χ1n) is 8.86. The minimum atomic E-state index is 0.232.